The fourth-order valence-electron chi connectivity index (χ4n) is 2.41. The fraction of sp³-hybridized carbons (Fsp3) is 0.533. The van der Waals surface area contributed by atoms with Gasteiger partial charge in [-0.15, -0.1) is 0 Å². The summed E-state index contributed by atoms with van der Waals surface area (Å²) < 4.78 is 0. The van der Waals surface area contributed by atoms with E-state index in [-0.39, 0.29) is 0 Å². The van der Waals surface area contributed by atoms with Crippen LogP contribution < -0.4 is 11.1 Å². The van der Waals surface area contributed by atoms with Crippen LogP contribution in [0, 0.1) is 5.92 Å². The predicted molar refractivity (Wildman–Crippen MR) is 76.6 cm³/mol. The molecule has 3 heteroatoms. The molecule has 0 saturated carbocycles. The molecule has 1 aromatic carbocycles. The van der Waals surface area contributed by atoms with E-state index in [0.717, 1.165) is 13.0 Å². The lowest BCUT2D eigenvalue weighted by molar-refractivity contribution is 0.523. The minimum Gasteiger partial charge on any atom is -0.370 e. The first-order chi connectivity index (χ1) is 8.66. The zero-order chi connectivity index (χ0) is 13.0. The van der Waals surface area contributed by atoms with Crippen LogP contribution in [-0.2, 0) is 6.42 Å². The van der Waals surface area contributed by atoms with Crippen LogP contribution in [0.5, 0.6) is 0 Å². The molecule has 3 N–H and O–H groups in total. The summed E-state index contributed by atoms with van der Waals surface area (Å²) in [5, 5.41) is 3.36. The summed E-state index contributed by atoms with van der Waals surface area (Å²) in [4.78, 5) is 4.37. The Balaban J connectivity index is 2.05. The lowest BCUT2D eigenvalue weighted by atomic mass is 9.88. The molecule has 1 aliphatic carbocycles. The number of rotatable bonds is 3. The molecule has 0 fully saturated rings. The van der Waals surface area contributed by atoms with Crippen LogP contribution in [0.2, 0.25) is 0 Å². The first-order valence-electron chi connectivity index (χ1n) is 6.81. The second-order valence-electron chi connectivity index (χ2n) is 5.41. The molecule has 0 radical (unpaired) electrons. The molecule has 98 valence electrons. The SMILES string of the molecule is CC(C)CN=C(N)NC1CCCc2ccccc21. The summed E-state index contributed by atoms with van der Waals surface area (Å²) >= 11 is 0. The van der Waals surface area contributed by atoms with Crippen LogP contribution in [0.25, 0.3) is 0 Å². The number of hydrogen-bond donors (Lipinski definition) is 2. The molecule has 1 aliphatic rings. The van der Waals surface area contributed by atoms with Gasteiger partial charge in [-0.25, -0.2) is 0 Å². The molecule has 1 unspecified atom stereocenters. The molecular weight excluding hydrogens is 222 g/mol. The van der Waals surface area contributed by atoms with Gasteiger partial charge in [0.15, 0.2) is 5.96 Å². The summed E-state index contributed by atoms with van der Waals surface area (Å²) in [5.74, 6) is 1.12. The number of hydrogen-bond acceptors (Lipinski definition) is 1. The average Bonchev–Trinajstić information content (AvgIpc) is 2.37. The number of nitrogens with zero attached hydrogens (tertiary/aromatic N) is 1. The van der Waals surface area contributed by atoms with Gasteiger partial charge in [-0.2, -0.15) is 0 Å². The Bertz CT molecular complexity index is 424. The Hall–Kier alpha value is -1.51. The number of guanidine groups is 1. The second-order valence-corrected chi connectivity index (χ2v) is 5.41. The van der Waals surface area contributed by atoms with E-state index in [0.29, 0.717) is 17.9 Å². The Morgan fingerprint density at radius 2 is 2.22 bits per heavy atom. The van der Waals surface area contributed by atoms with Gasteiger partial charge in [0.05, 0.1) is 6.04 Å². The van der Waals surface area contributed by atoms with Gasteiger partial charge in [0.25, 0.3) is 0 Å². The quantitative estimate of drug-likeness (QED) is 0.635. The Morgan fingerprint density at radius 3 is 3.00 bits per heavy atom. The van der Waals surface area contributed by atoms with Crippen LogP contribution in [0.1, 0.15) is 43.9 Å². The van der Waals surface area contributed by atoms with Crippen molar-refractivity contribution < 1.29 is 0 Å². The zero-order valence-corrected chi connectivity index (χ0v) is 11.3. The fourth-order valence-corrected chi connectivity index (χ4v) is 2.41. The van der Waals surface area contributed by atoms with Gasteiger partial charge in [-0.1, -0.05) is 38.1 Å². The molecule has 1 atom stereocenters. The van der Waals surface area contributed by atoms with Crippen molar-refractivity contribution in [3.63, 3.8) is 0 Å². The van der Waals surface area contributed by atoms with Crippen molar-refractivity contribution >= 4 is 5.96 Å². The summed E-state index contributed by atoms with van der Waals surface area (Å²) in [6, 6.07) is 8.94. The summed E-state index contributed by atoms with van der Waals surface area (Å²) in [6.45, 7) is 5.08. The monoisotopic (exact) mass is 245 g/mol. The maximum atomic E-state index is 5.95. The van der Waals surface area contributed by atoms with E-state index in [1.165, 1.54) is 24.0 Å². The van der Waals surface area contributed by atoms with Gasteiger partial charge in [0.1, 0.15) is 0 Å². The zero-order valence-electron chi connectivity index (χ0n) is 11.3. The second kappa shape index (κ2) is 5.89. The van der Waals surface area contributed by atoms with E-state index in [4.69, 9.17) is 5.73 Å². The van der Waals surface area contributed by atoms with Gasteiger partial charge in [-0.3, -0.25) is 4.99 Å². The van der Waals surface area contributed by atoms with Crippen LogP contribution in [0.4, 0.5) is 0 Å². The normalized spacial score (nSPS) is 19.7. The molecule has 3 nitrogen and oxygen atoms in total. The molecule has 0 aliphatic heterocycles. The van der Waals surface area contributed by atoms with Crippen molar-refractivity contribution in [3.8, 4) is 0 Å². The molecule has 0 heterocycles. The maximum absolute atomic E-state index is 5.95. The van der Waals surface area contributed by atoms with Crippen molar-refractivity contribution in [2.45, 2.75) is 39.2 Å². The van der Waals surface area contributed by atoms with Crippen molar-refractivity contribution in [1.29, 1.82) is 0 Å². The largest absolute Gasteiger partial charge is 0.370 e. The van der Waals surface area contributed by atoms with E-state index in [2.05, 4.69) is 48.4 Å². The minimum atomic E-state index is 0.325. The predicted octanol–water partition coefficient (Wildman–Crippen LogP) is 2.62. The van der Waals surface area contributed by atoms with Crippen molar-refractivity contribution in [1.82, 2.24) is 5.32 Å². The Morgan fingerprint density at radius 1 is 1.44 bits per heavy atom. The number of benzene rings is 1. The van der Waals surface area contributed by atoms with Crippen LogP contribution in [0.15, 0.2) is 29.3 Å². The lowest BCUT2D eigenvalue weighted by Crippen LogP contribution is -2.36. The summed E-state index contributed by atoms with van der Waals surface area (Å²) in [5.41, 5.74) is 8.77. The van der Waals surface area contributed by atoms with E-state index < -0.39 is 0 Å². The van der Waals surface area contributed by atoms with Crippen LogP contribution >= 0.6 is 0 Å². The van der Waals surface area contributed by atoms with Crippen LogP contribution in [-0.4, -0.2) is 12.5 Å². The topological polar surface area (TPSA) is 50.4 Å². The van der Waals surface area contributed by atoms with Gasteiger partial charge >= 0.3 is 0 Å². The molecule has 1 aromatic rings. The van der Waals surface area contributed by atoms with Crippen molar-refractivity contribution in [2.75, 3.05) is 6.54 Å². The average molecular weight is 245 g/mol. The van der Waals surface area contributed by atoms with E-state index >= 15 is 0 Å². The third-order valence-electron chi connectivity index (χ3n) is 3.32. The Kier molecular flexibility index (Phi) is 4.24. The standard InChI is InChI=1S/C15H23N3/c1-11(2)10-17-15(16)18-14-9-5-7-12-6-3-4-8-13(12)14/h3-4,6,8,11,14H,5,7,9-10H2,1-2H3,(H3,16,17,18). The number of fused-ring (bicyclic) bond motifs is 1. The highest BCUT2D eigenvalue weighted by Crippen LogP contribution is 2.29. The van der Waals surface area contributed by atoms with E-state index in [9.17, 15) is 0 Å². The van der Waals surface area contributed by atoms with Gasteiger partial charge in [-0.05, 0) is 36.3 Å². The van der Waals surface area contributed by atoms with Gasteiger partial charge < -0.3 is 11.1 Å². The molecule has 0 saturated heterocycles. The molecule has 18 heavy (non-hydrogen) atoms. The van der Waals surface area contributed by atoms with Gasteiger partial charge in [0, 0.05) is 6.54 Å². The molecule has 0 amide bonds. The van der Waals surface area contributed by atoms with Crippen molar-refractivity contribution in [2.24, 2.45) is 16.6 Å². The molecule has 0 spiro atoms. The third kappa shape index (κ3) is 3.25. The first kappa shape index (κ1) is 12.9. The number of nitrogens with two attached hydrogens (primary N) is 1. The summed E-state index contributed by atoms with van der Waals surface area (Å²) in [6.07, 6.45) is 3.53. The van der Waals surface area contributed by atoms with Crippen LogP contribution in [0.3, 0.4) is 0 Å². The first-order valence-corrected chi connectivity index (χ1v) is 6.81. The number of aliphatic imine (C=N–C) groups is 1. The summed E-state index contributed by atoms with van der Waals surface area (Å²) in [7, 11) is 0. The smallest absolute Gasteiger partial charge is 0.189 e. The molecule has 0 aromatic heterocycles. The third-order valence-corrected chi connectivity index (χ3v) is 3.32. The van der Waals surface area contributed by atoms with E-state index in [1.807, 2.05) is 0 Å². The minimum absolute atomic E-state index is 0.325. The van der Waals surface area contributed by atoms with Gasteiger partial charge in [0.2, 0.25) is 0 Å². The van der Waals surface area contributed by atoms with Crippen molar-refractivity contribution in [3.05, 3.63) is 35.4 Å². The highest BCUT2D eigenvalue weighted by molar-refractivity contribution is 5.78. The highest BCUT2D eigenvalue weighted by Gasteiger charge is 2.19. The van der Waals surface area contributed by atoms with E-state index in [1.54, 1.807) is 0 Å². The number of nitrogens with one attached hydrogen (secondary N) is 1. The molecular formula is C15H23N3. The highest BCUT2D eigenvalue weighted by atomic mass is 15.1. The molecule has 2 rings (SSSR count). The Labute approximate surface area is 109 Å². The lowest BCUT2D eigenvalue weighted by Gasteiger charge is -2.26. The molecule has 0 bridgehead atoms. The maximum Gasteiger partial charge on any atom is 0.189 e. The number of aryl methyl sites for hydroxylation is 1.